The molecule has 3 rings (SSSR count). The molecule has 0 radical (unpaired) electrons. The molecule has 0 saturated heterocycles. The van der Waals surface area contributed by atoms with Crippen LogP contribution in [0.4, 0.5) is 0 Å². The fourth-order valence-corrected chi connectivity index (χ4v) is 2.72. The first-order valence-electron chi connectivity index (χ1n) is 5.48. The number of hydrogen-bond acceptors (Lipinski definition) is 4. The largest absolute Gasteiger partial charge is 0.306 e. The van der Waals surface area contributed by atoms with Gasteiger partial charge in [0, 0.05) is 11.9 Å². The van der Waals surface area contributed by atoms with E-state index in [2.05, 4.69) is 15.1 Å². The number of aryl methyl sites for hydroxylation is 1. The van der Waals surface area contributed by atoms with Gasteiger partial charge in [0.1, 0.15) is 11.2 Å². The molecule has 5 nitrogen and oxygen atoms in total. The van der Waals surface area contributed by atoms with E-state index < -0.39 is 0 Å². The lowest BCUT2D eigenvalue weighted by molar-refractivity contribution is 0.784. The molecular formula is C12H9ClN4OS. The monoisotopic (exact) mass is 292 g/mol. The van der Waals surface area contributed by atoms with Crippen molar-refractivity contribution in [3.05, 3.63) is 43.7 Å². The average Bonchev–Trinajstić information content (AvgIpc) is 2.95. The van der Waals surface area contributed by atoms with E-state index in [1.165, 1.54) is 17.5 Å². The van der Waals surface area contributed by atoms with Gasteiger partial charge in [0.25, 0.3) is 5.56 Å². The Bertz CT molecular complexity index is 830. The molecular weight excluding hydrogens is 284 g/mol. The van der Waals surface area contributed by atoms with Crippen molar-refractivity contribution in [2.45, 2.75) is 0 Å². The highest BCUT2D eigenvalue weighted by Crippen LogP contribution is 2.23. The zero-order valence-corrected chi connectivity index (χ0v) is 11.5. The molecule has 0 spiro atoms. The second-order valence-electron chi connectivity index (χ2n) is 3.92. The van der Waals surface area contributed by atoms with Crippen LogP contribution in [0.1, 0.15) is 10.7 Å². The molecule has 0 saturated carbocycles. The molecule has 0 aliphatic carbocycles. The zero-order chi connectivity index (χ0) is 13.4. The first-order valence-corrected chi connectivity index (χ1v) is 6.74. The van der Waals surface area contributed by atoms with Gasteiger partial charge in [0.05, 0.1) is 11.2 Å². The molecule has 0 amide bonds. The van der Waals surface area contributed by atoms with E-state index in [0.717, 1.165) is 4.88 Å². The fourth-order valence-electron chi connectivity index (χ4n) is 1.71. The summed E-state index contributed by atoms with van der Waals surface area (Å²) in [6.07, 6.45) is 5.06. The molecule has 0 aliphatic heterocycles. The van der Waals surface area contributed by atoms with Gasteiger partial charge >= 0.3 is 0 Å². The van der Waals surface area contributed by atoms with Crippen LogP contribution in [0.5, 0.6) is 0 Å². The van der Waals surface area contributed by atoms with Crippen molar-refractivity contribution in [2.75, 3.05) is 0 Å². The normalized spacial score (nSPS) is 11.7. The van der Waals surface area contributed by atoms with Gasteiger partial charge < -0.3 is 4.98 Å². The topological polar surface area (TPSA) is 63.6 Å². The third kappa shape index (κ3) is 2.20. The third-order valence-corrected chi connectivity index (χ3v) is 3.98. The van der Waals surface area contributed by atoms with Crippen molar-refractivity contribution in [3.8, 4) is 0 Å². The molecule has 0 unspecified atom stereocenters. The highest BCUT2D eigenvalue weighted by molar-refractivity contribution is 7.11. The summed E-state index contributed by atoms with van der Waals surface area (Å²) in [5, 5.41) is 7.08. The van der Waals surface area contributed by atoms with Gasteiger partial charge in [-0.3, -0.25) is 9.48 Å². The fraction of sp³-hybridized carbons (Fsp3) is 0.0833. The van der Waals surface area contributed by atoms with Crippen LogP contribution in [0.15, 0.2) is 22.4 Å². The second kappa shape index (κ2) is 4.64. The van der Waals surface area contributed by atoms with Gasteiger partial charge in [0.2, 0.25) is 0 Å². The zero-order valence-electron chi connectivity index (χ0n) is 9.92. The number of nitrogens with one attached hydrogen (secondary N) is 1. The summed E-state index contributed by atoms with van der Waals surface area (Å²) in [4.78, 5) is 19.8. The Hall–Kier alpha value is -1.92. The number of aromatic nitrogens is 4. The lowest BCUT2D eigenvalue weighted by atomic mass is 10.3. The third-order valence-electron chi connectivity index (χ3n) is 2.66. The van der Waals surface area contributed by atoms with Crippen molar-refractivity contribution in [2.24, 2.45) is 7.05 Å². The van der Waals surface area contributed by atoms with Crippen LogP contribution >= 0.6 is 22.9 Å². The van der Waals surface area contributed by atoms with Crippen molar-refractivity contribution in [1.82, 2.24) is 19.7 Å². The van der Waals surface area contributed by atoms with Crippen molar-refractivity contribution in [1.29, 1.82) is 0 Å². The number of nitrogens with zero attached hydrogens (tertiary/aromatic N) is 3. The van der Waals surface area contributed by atoms with Crippen LogP contribution in [0, 0.1) is 0 Å². The lowest BCUT2D eigenvalue weighted by Gasteiger charge is -1.96. The Morgan fingerprint density at radius 3 is 3.05 bits per heavy atom. The van der Waals surface area contributed by atoms with E-state index in [1.54, 1.807) is 17.8 Å². The average molecular weight is 293 g/mol. The van der Waals surface area contributed by atoms with Crippen molar-refractivity contribution < 1.29 is 0 Å². The van der Waals surface area contributed by atoms with Gasteiger partial charge in [-0.15, -0.1) is 11.3 Å². The van der Waals surface area contributed by atoms with Gasteiger partial charge in [-0.1, -0.05) is 11.6 Å². The Balaban J connectivity index is 2.06. The SMILES string of the molecule is Cn1ncc2c(=O)[nH]c(C=Cc3sccc3Cl)nc21. The Morgan fingerprint density at radius 1 is 1.47 bits per heavy atom. The van der Waals surface area contributed by atoms with E-state index in [0.29, 0.717) is 21.9 Å². The first-order chi connectivity index (χ1) is 9.15. The van der Waals surface area contributed by atoms with E-state index in [4.69, 9.17) is 11.6 Å². The summed E-state index contributed by atoms with van der Waals surface area (Å²) in [5.41, 5.74) is 0.357. The molecule has 0 bridgehead atoms. The molecule has 3 heterocycles. The van der Waals surface area contributed by atoms with Crippen LogP contribution in [0.2, 0.25) is 5.02 Å². The quantitative estimate of drug-likeness (QED) is 0.789. The molecule has 3 aromatic rings. The minimum absolute atomic E-state index is 0.199. The Kier molecular flexibility index (Phi) is 2.96. The molecule has 1 N–H and O–H groups in total. The minimum Gasteiger partial charge on any atom is -0.306 e. The minimum atomic E-state index is -0.199. The first kappa shape index (κ1) is 12.1. The van der Waals surface area contributed by atoms with Gasteiger partial charge in [-0.2, -0.15) is 5.10 Å². The van der Waals surface area contributed by atoms with Crippen LogP contribution < -0.4 is 5.56 Å². The van der Waals surface area contributed by atoms with E-state index in [-0.39, 0.29) is 5.56 Å². The number of hydrogen-bond donors (Lipinski definition) is 1. The van der Waals surface area contributed by atoms with Gasteiger partial charge in [-0.25, -0.2) is 4.98 Å². The van der Waals surface area contributed by atoms with Crippen molar-refractivity contribution in [3.63, 3.8) is 0 Å². The summed E-state index contributed by atoms with van der Waals surface area (Å²) in [7, 11) is 1.75. The highest BCUT2D eigenvalue weighted by atomic mass is 35.5. The maximum atomic E-state index is 11.8. The maximum Gasteiger partial charge on any atom is 0.262 e. The standard InChI is InChI=1S/C12H9ClN4OS/c1-17-11-7(6-14-17)12(18)16-10(15-11)3-2-9-8(13)4-5-19-9/h2-6H,1H3,(H,15,16,18). The van der Waals surface area contributed by atoms with Crippen LogP contribution in [-0.4, -0.2) is 19.7 Å². The lowest BCUT2D eigenvalue weighted by Crippen LogP contribution is -2.09. The summed E-state index contributed by atoms with van der Waals surface area (Å²) in [5.74, 6) is 0.477. The van der Waals surface area contributed by atoms with Crippen LogP contribution in [0.3, 0.4) is 0 Å². The van der Waals surface area contributed by atoms with Crippen LogP contribution in [-0.2, 0) is 7.05 Å². The van der Waals surface area contributed by atoms with Crippen molar-refractivity contribution >= 4 is 46.1 Å². The number of H-pyrrole nitrogens is 1. The molecule has 0 atom stereocenters. The summed E-state index contributed by atoms with van der Waals surface area (Å²) >= 11 is 7.52. The molecule has 7 heteroatoms. The number of halogens is 1. The van der Waals surface area contributed by atoms with Crippen LogP contribution in [0.25, 0.3) is 23.2 Å². The molecule has 19 heavy (non-hydrogen) atoms. The highest BCUT2D eigenvalue weighted by Gasteiger charge is 2.06. The molecule has 0 aliphatic rings. The smallest absolute Gasteiger partial charge is 0.262 e. The van der Waals surface area contributed by atoms with E-state index in [9.17, 15) is 4.79 Å². The summed E-state index contributed by atoms with van der Waals surface area (Å²) in [6, 6.07) is 1.83. The van der Waals surface area contributed by atoms with E-state index in [1.807, 2.05) is 17.5 Å². The molecule has 96 valence electrons. The Morgan fingerprint density at radius 2 is 2.32 bits per heavy atom. The molecule has 0 aromatic carbocycles. The van der Waals surface area contributed by atoms with E-state index >= 15 is 0 Å². The van der Waals surface area contributed by atoms with Gasteiger partial charge in [0.15, 0.2) is 5.65 Å². The maximum absolute atomic E-state index is 11.8. The number of rotatable bonds is 2. The molecule has 3 aromatic heterocycles. The predicted molar refractivity (Wildman–Crippen MR) is 77.4 cm³/mol. The second-order valence-corrected chi connectivity index (χ2v) is 5.28. The predicted octanol–water partition coefficient (Wildman–Crippen LogP) is 2.54. The van der Waals surface area contributed by atoms with Gasteiger partial charge in [-0.05, 0) is 23.6 Å². The number of fused-ring (bicyclic) bond motifs is 1. The number of thiophene rings is 1. The molecule has 0 fully saturated rings. The Labute approximate surface area is 117 Å². The summed E-state index contributed by atoms with van der Waals surface area (Å²) < 4.78 is 1.57. The number of aromatic amines is 1. The summed E-state index contributed by atoms with van der Waals surface area (Å²) in [6.45, 7) is 0.